The van der Waals surface area contributed by atoms with Crippen LogP contribution in [0.15, 0.2) is 29.8 Å². The summed E-state index contributed by atoms with van der Waals surface area (Å²) in [5.41, 5.74) is 0.731. The number of anilines is 1. The van der Waals surface area contributed by atoms with Gasteiger partial charge < -0.3 is 9.47 Å². The Morgan fingerprint density at radius 1 is 1.44 bits per heavy atom. The van der Waals surface area contributed by atoms with Crippen LogP contribution < -0.4 is 10.1 Å². The first kappa shape index (κ1) is 19.0. The van der Waals surface area contributed by atoms with Gasteiger partial charge in [0.1, 0.15) is 28.5 Å². The van der Waals surface area contributed by atoms with E-state index in [2.05, 4.69) is 15.5 Å². The molecule has 1 N–H and O–H groups in total. The maximum absolute atomic E-state index is 12.4. The van der Waals surface area contributed by atoms with Crippen LogP contribution in [0.4, 0.5) is 5.13 Å². The van der Waals surface area contributed by atoms with Crippen LogP contribution in [0.5, 0.6) is 5.75 Å². The molecule has 140 valence electrons. The molecule has 1 saturated heterocycles. The molecule has 0 aliphatic carbocycles. The van der Waals surface area contributed by atoms with Gasteiger partial charge in [-0.1, -0.05) is 30.4 Å². The third kappa shape index (κ3) is 5.12. The molecule has 8 heteroatoms. The van der Waals surface area contributed by atoms with Gasteiger partial charge in [-0.3, -0.25) is 10.1 Å². The standard InChI is InChI=1S/C19H20N4O3S/c1-2-9-25-15-7-5-13(6-8-15)11-14(12-20)17(24)21-19-23-22-18(27-19)16-4-3-10-26-16/h5-8,11,16H,2-4,9-10H2,1H3,(H,21,23,24)/b14-11+. The molecule has 1 amide bonds. The zero-order chi connectivity index (χ0) is 19.1. The summed E-state index contributed by atoms with van der Waals surface area (Å²) in [5, 5.41) is 21.1. The summed E-state index contributed by atoms with van der Waals surface area (Å²) < 4.78 is 11.1. The largest absolute Gasteiger partial charge is 0.494 e. The molecule has 0 bridgehead atoms. The number of hydrogen-bond acceptors (Lipinski definition) is 7. The molecule has 27 heavy (non-hydrogen) atoms. The minimum atomic E-state index is -0.515. The number of ether oxygens (including phenoxy) is 2. The number of aromatic nitrogens is 2. The van der Waals surface area contributed by atoms with Crippen molar-refractivity contribution < 1.29 is 14.3 Å². The van der Waals surface area contributed by atoms with Crippen LogP contribution >= 0.6 is 11.3 Å². The highest BCUT2D eigenvalue weighted by Gasteiger charge is 2.22. The van der Waals surface area contributed by atoms with Crippen molar-refractivity contribution in [2.75, 3.05) is 18.5 Å². The van der Waals surface area contributed by atoms with Crippen LogP contribution in [0.2, 0.25) is 0 Å². The molecule has 3 rings (SSSR count). The number of carbonyl (C=O) groups excluding carboxylic acids is 1. The molecule has 1 unspecified atom stereocenters. The lowest BCUT2D eigenvalue weighted by Gasteiger charge is -2.04. The van der Waals surface area contributed by atoms with E-state index in [1.165, 1.54) is 17.4 Å². The Morgan fingerprint density at radius 3 is 2.93 bits per heavy atom. The number of rotatable bonds is 7. The van der Waals surface area contributed by atoms with E-state index in [0.717, 1.165) is 42.2 Å². The summed E-state index contributed by atoms with van der Waals surface area (Å²) in [7, 11) is 0. The van der Waals surface area contributed by atoms with Crippen LogP contribution in [-0.4, -0.2) is 29.3 Å². The summed E-state index contributed by atoms with van der Waals surface area (Å²) in [5.74, 6) is 0.242. The molecule has 0 spiro atoms. The Labute approximate surface area is 161 Å². The molecule has 1 fully saturated rings. The van der Waals surface area contributed by atoms with Gasteiger partial charge in [-0.25, -0.2) is 0 Å². The number of nitrogens with zero attached hydrogens (tertiary/aromatic N) is 3. The smallest absolute Gasteiger partial charge is 0.268 e. The number of nitriles is 1. The lowest BCUT2D eigenvalue weighted by Crippen LogP contribution is -2.13. The second-order valence-corrected chi connectivity index (χ2v) is 7.00. The van der Waals surface area contributed by atoms with E-state index in [4.69, 9.17) is 9.47 Å². The van der Waals surface area contributed by atoms with Crippen molar-refractivity contribution in [3.05, 3.63) is 40.4 Å². The molecule has 1 atom stereocenters. The molecule has 1 aromatic carbocycles. The van der Waals surface area contributed by atoms with Crippen molar-refractivity contribution in [2.45, 2.75) is 32.3 Å². The lowest BCUT2D eigenvalue weighted by molar-refractivity contribution is -0.112. The second-order valence-electron chi connectivity index (χ2n) is 5.99. The van der Waals surface area contributed by atoms with Gasteiger partial charge >= 0.3 is 0 Å². The number of hydrogen-bond donors (Lipinski definition) is 1. The van der Waals surface area contributed by atoms with Gasteiger partial charge in [0.25, 0.3) is 5.91 Å². The Kier molecular flexibility index (Phi) is 6.52. The van der Waals surface area contributed by atoms with Crippen molar-refractivity contribution in [3.63, 3.8) is 0 Å². The van der Waals surface area contributed by atoms with Gasteiger partial charge in [-0.2, -0.15) is 5.26 Å². The minimum absolute atomic E-state index is 0.00825. The van der Waals surface area contributed by atoms with Crippen molar-refractivity contribution in [1.82, 2.24) is 10.2 Å². The van der Waals surface area contributed by atoms with Gasteiger partial charge in [-0.05, 0) is 43.0 Å². The maximum Gasteiger partial charge on any atom is 0.268 e. The molecule has 2 aromatic rings. The van der Waals surface area contributed by atoms with E-state index in [1.54, 1.807) is 12.1 Å². The molecule has 1 aliphatic rings. The Balaban J connectivity index is 1.65. The fraction of sp³-hybridized carbons (Fsp3) is 0.368. The summed E-state index contributed by atoms with van der Waals surface area (Å²) in [6.07, 6.45) is 4.31. The van der Waals surface area contributed by atoms with E-state index in [0.29, 0.717) is 11.7 Å². The number of amides is 1. The summed E-state index contributed by atoms with van der Waals surface area (Å²) in [6.45, 7) is 3.41. The highest BCUT2D eigenvalue weighted by Crippen LogP contribution is 2.32. The first-order chi connectivity index (χ1) is 13.2. The lowest BCUT2D eigenvalue weighted by atomic mass is 10.1. The van der Waals surface area contributed by atoms with Gasteiger partial charge in [-0.15, -0.1) is 10.2 Å². The summed E-state index contributed by atoms with van der Waals surface area (Å²) in [6, 6.07) is 9.16. The Bertz CT molecular complexity index is 849. The second kappa shape index (κ2) is 9.26. The quantitative estimate of drug-likeness (QED) is 0.577. The summed E-state index contributed by atoms with van der Waals surface area (Å²) in [4.78, 5) is 12.4. The van der Waals surface area contributed by atoms with E-state index in [-0.39, 0.29) is 11.7 Å². The Morgan fingerprint density at radius 2 is 2.26 bits per heavy atom. The Hall–Kier alpha value is -2.76. The average molecular weight is 384 g/mol. The maximum atomic E-state index is 12.4. The van der Waals surface area contributed by atoms with Crippen molar-refractivity contribution >= 4 is 28.5 Å². The fourth-order valence-electron chi connectivity index (χ4n) is 2.55. The van der Waals surface area contributed by atoms with Crippen LogP contribution in [0.3, 0.4) is 0 Å². The zero-order valence-corrected chi connectivity index (χ0v) is 15.8. The first-order valence-electron chi connectivity index (χ1n) is 8.80. The van der Waals surface area contributed by atoms with Crippen molar-refractivity contribution in [1.29, 1.82) is 5.26 Å². The monoisotopic (exact) mass is 384 g/mol. The fourth-order valence-corrected chi connectivity index (χ4v) is 3.37. The average Bonchev–Trinajstić information content (AvgIpc) is 3.37. The molecule has 0 saturated carbocycles. The van der Waals surface area contributed by atoms with Crippen LogP contribution in [-0.2, 0) is 9.53 Å². The van der Waals surface area contributed by atoms with Crippen molar-refractivity contribution in [3.8, 4) is 11.8 Å². The van der Waals surface area contributed by atoms with Crippen LogP contribution in [0, 0.1) is 11.3 Å². The number of nitrogens with one attached hydrogen (secondary N) is 1. The highest BCUT2D eigenvalue weighted by molar-refractivity contribution is 7.15. The van der Waals surface area contributed by atoms with E-state index in [1.807, 2.05) is 25.1 Å². The minimum Gasteiger partial charge on any atom is -0.494 e. The predicted molar refractivity (Wildman–Crippen MR) is 102 cm³/mol. The van der Waals surface area contributed by atoms with Gasteiger partial charge in [0.05, 0.1) is 6.61 Å². The third-order valence-electron chi connectivity index (χ3n) is 3.90. The van der Waals surface area contributed by atoms with Crippen LogP contribution in [0.25, 0.3) is 6.08 Å². The molecule has 2 heterocycles. The number of benzene rings is 1. The molecular weight excluding hydrogens is 364 g/mol. The SMILES string of the molecule is CCCOc1ccc(/C=C(\C#N)C(=O)Nc2nnc(C3CCCO3)s2)cc1. The van der Waals surface area contributed by atoms with Gasteiger partial charge in [0.2, 0.25) is 5.13 Å². The normalized spacial score (nSPS) is 16.7. The summed E-state index contributed by atoms with van der Waals surface area (Å²) >= 11 is 1.27. The molecule has 7 nitrogen and oxygen atoms in total. The van der Waals surface area contributed by atoms with E-state index >= 15 is 0 Å². The topological polar surface area (TPSA) is 97.1 Å². The van der Waals surface area contributed by atoms with E-state index < -0.39 is 5.91 Å². The molecular formula is C19H20N4O3S. The van der Waals surface area contributed by atoms with E-state index in [9.17, 15) is 10.1 Å². The highest BCUT2D eigenvalue weighted by atomic mass is 32.1. The predicted octanol–water partition coefficient (Wildman–Crippen LogP) is 3.72. The van der Waals surface area contributed by atoms with Crippen molar-refractivity contribution in [2.24, 2.45) is 0 Å². The van der Waals surface area contributed by atoms with Gasteiger partial charge in [0.15, 0.2) is 0 Å². The first-order valence-corrected chi connectivity index (χ1v) is 9.62. The molecule has 0 radical (unpaired) electrons. The molecule has 1 aromatic heterocycles. The van der Waals surface area contributed by atoms with Crippen LogP contribution in [0.1, 0.15) is 42.9 Å². The van der Waals surface area contributed by atoms with Gasteiger partial charge in [0, 0.05) is 6.61 Å². The zero-order valence-electron chi connectivity index (χ0n) is 15.0. The molecule has 1 aliphatic heterocycles. The number of carbonyl (C=O) groups is 1. The third-order valence-corrected chi connectivity index (χ3v) is 4.83.